The molecule has 1 aliphatic rings. The lowest BCUT2D eigenvalue weighted by Gasteiger charge is -2.00. The summed E-state index contributed by atoms with van der Waals surface area (Å²) in [4.78, 5) is 4.14. The molecule has 0 saturated heterocycles. The summed E-state index contributed by atoms with van der Waals surface area (Å²) >= 11 is 0. The molecular formula is C9H17N. The van der Waals surface area contributed by atoms with E-state index >= 15 is 0 Å². The van der Waals surface area contributed by atoms with E-state index in [-0.39, 0.29) is 0 Å². The van der Waals surface area contributed by atoms with E-state index < -0.39 is 0 Å². The minimum atomic E-state index is 0.990. The highest BCUT2D eigenvalue weighted by atomic mass is 14.7. The molecule has 1 nitrogen and oxygen atoms in total. The predicted molar refractivity (Wildman–Crippen MR) is 47.7 cm³/mol. The van der Waals surface area contributed by atoms with E-state index in [0.29, 0.717) is 0 Å². The number of hydrogen-bond acceptors (Lipinski definition) is 1. The maximum Gasteiger partial charge on any atom is 0.0424 e. The first-order valence-corrected chi connectivity index (χ1v) is 4.12. The number of hydrogen-bond donors (Lipinski definition) is 0. The van der Waals surface area contributed by atoms with Crippen molar-refractivity contribution in [3.63, 3.8) is 0 Å². The number of allylic oxidation sites excluding steroid dienone is 1. The van der Waals surface area contributed by atoms with Crippen LogP contribution in [0.2, 0.25) is 0 Å². The van der Waals surface area contributed by atoms with Crippen molar-refractivity contribution >= 4 is 6.21 Å². The SMILES string of the molecule is CC.CCC1=CCCN=C1. The molecule has 0 aromatic heterocycles. The highest BCUT2D eigenvalue weighted by Gasteiger charge is 1.91. The zero-order valence-electron chi connectivity index (χ0n) is 7.22. The molecule has 0 unspecified atom stereocenters. The highest BCUT2D eigenvalue weighted by molar-refractivity contribution is 5.79. The van der Waals surface area contributed by atoms with Crippen molar-refractivity contribution in [2.45, 2.75) is 33.6 Å². The van der Waals surface area contributed by atoms with Crippen LogP contribution in [0.4, 0.5) is 0 Å². The standard InChI is InChI=1S/C7H11N.C2H6/c1-2-7-4-3-5-8-6-7;1-2/h4,6H,2-3,5H2,1H3;1-2H3. The molecule has 0 fully saturated rings. The molecule has 0 aliphatic carbocycles. The Bertz CT molecular complexity index is 123. The van der Waals surface area contributed by atoms with Gasteiger partial charge in [-0.05, 0) is 18.4 Å². The summed E-state index contributed by atoms with van der Waals surface area (Å²) in [5.41, 5.74) is 1.39. The van der Waals surface area contributed by atoms with E-state index in [4.69, 9.17) is 0 Å². The van der Waals surface area contributed by atoms with E-state index in [1.54, 1.807) is 0 Å². The lowest BCUT2D eigenvalue weighted by atomic mass is 10.1. The van der Waals surface area contributed by atoms with E-state index in [1.807, 2.05) is 20.1 Å². The van der Waals surface area contributed by atoms with Crippen molar-refractivity contribution < 1.29 is 0 Å². The Morgan fingerprint density at radius 1 is 1.50 bits per heavy atom. The summed E-state index contributed by atoms with van der Waals surface area (Å²) < 4.78 is 0. The zero-order chi connectivity index (χ0) is 7.82. The number of nitrogens with zero attached hydrogens (tertiary/aromatic N) is 1. The fraction of sp³-hybridized carbons (Fsp3) is 0.667. The molecule has 1 aliphatic heterocycles. The number of aliphatic imine (C=N–C) groups is 1. The van der Waals surface area contributed by atoms with Crippen molar-refractivity contribution in [3.8, 4) is 0 Å². The second-order valence-corrected chi connectivity index (χ2v) is 1.96. The van der Waals surface area contributed by atoms with Gasteiger partial charge in [0.15, 0.2) is 0 Å². The van der Waals surface area contributed by atoms with Crippen LogP contribution in [0.5, 0.6) is 0 Å². The van der Waals surface area contributed by atoms with Crippen LogP contribution in [0.3, 0.4) is 0 Å². The second kappa shape index (κ2) is 6.53. The average molecular weight is 139 g/mol. The normalized spacial score (nSPS) is 15.3. The molecule has 58 valence electrons. The Morgan fingerprint density at radius 3 is 2.50 bits per heavy atom. The first-order valence-electron chi connectivity index (χ1n) is 4.12. The van der Waals surface area contributed by atoms with E-state index in [0.717, 1.165) is 19.4 Å². The van der Waals surface area contributed by atoms with Crippen LogP contribution >= 0.6 is 0 Å². The molecular weight excluding hydrogens is 122 g/mol. The lowest BCUT2D eigenvalue weighted by Crippen LogP contribution is -1.91. The fourth-order valence-electron chi connectivity index (χ4n) is 0.795. The molecule has 1 heteroatoms. The van der Waals surface area contributed by atoms with Gasteiger partial charge in [0.25, 0.3) is 0 Å². The molecule has 0 aromatic carbocycles. The van der Waals surface area contributed by atoms with E-state index in [1.165, 1.54) is 5.57 Å². The summed E-state index contributed by atoms with van der Waals surface area (Å²) in [6, 6.07) is 0. The summed E-state index contributed by atoms with van der Waals surface area (Å²) in [6.07, 6.45) is 6.50. The van der Waals surface area contributed by atoms with Gasteiger partial charge in [-0.15, -0.1) is 0 Å². The highest BCUT2D eigenvalue weighted by Crippen LogP contribution is 2.03. The van der Waals surface area contributed by atoms with E-state index in [2.05, 4.69) is 18.0 Å². The summed E-state index contributed by atoms with van der Waals surface area (Å²) in [6.45, 7) is 7.15. The van der Waals surface area contributed by atoms with Crippen molar-refractivity contribution in [1.82, 2.24) is 0 Å². The first kappa shape index (κ1) is 9.41. The van der Waals surface area contributed by atoms with Crippen molar-refractivity contribution in [2.24, 2.45) is 4.99 Å². The Labute approximate surface area is 63.9 Å². The maximum atomic E-state index is 4.14. The van der Waals surface area contributed by atoms with Gasteiger partial charge in [0, 0.05) is 12.8 Å². The van der Waals surface area contributed by atoms with Gasteiger partial charge >= 0.3 is 0 Å². The Kier molecular flexibility index (Phi) is 6.14. The quantitative estimate of drug-likeness (QED) is 0.529. The molecule has 0 bridgehead atoms. The van der Waals surface area contributed by atoms with Crippen molar-refractivity contribution in [1.29, 1.82) is 0 Å². The molecule has 0 atom stereocenters. The monoisotopic (exact) mass is 139 g/mol. The molecule has 1 heterocycles. The lowest BCUT2D eigenvalue weighted by molar-refractivity contribution is 0.969. The maximum absolute atomic E-state index is 4.14. The van der Waals surface area contributed by atoms with Gasteiger partial charge in [0.1, 0.15) is 0 Å². The van der Waals surface area contributed by atoms with Crippen LogP contribution in [0.15, 0.2) is 16.6 Å². The van der Waals surface area contributed by atoms with Gasteiger partial charge in [-0.2, -0.15) is 0 Å². The van der Waals surface area contributed by atoms with Crippen LogP contribution in [0.25, 0.3) is 0 Å². The predicted octanol–water partition coefficient (Wildman–Crippen LogP) is 2.82. The average Bonchev–Trinajstić information content (AvgIpc) is 2.10. The van der Waals surface area contributed by atoms with Crippen LogP contribution in [0, 0.1) is 0 Å². The Hall–Kier alpha value is -0.590. The smallest absolute Gasteiger partial charge is 0.0424 e. The summed E-state index contributed by atoms with van der Waals surface area (Å²) in [7, 11) is 0. The molecule has 0 radical (unpaired) electrons. The third-order valence-electron chi connectivity index (χ3n) is 1.33. The molecule has 0 saturated carbocycles. The van der Waals surface area contributed by atoms with E-state index in [9.17, 15) is 0 Å². The summed E-state index contributed by atoms with van der Waals surface area (Å²) in [5.74, 6) is 0. The van der Waals surface area contributed by atoms with Gasteiger partial charge in [-0.1, -0.05) is 26.8 Å². The third kappa shape index (κ3) is 3.44. The largest absolute Gasteiger partial charge is 0.293 e. The molecule has 0 N–H and O–H groups in total. The van der Waals surface area contributed by atoms with Gasteiger partial charge in [-0.3, -0.25) is 4.99 Å². The zero-order valence-corrected chi connectivity index (χ0v) is 7.22. The number of rotatable bonds is 1. The molecule has 0 aromatic rings. The fourth-order valence-corrected chi connectivity index (χ4v) is 0.795. The van der Waals surface area contributed by atoms with Crippen molar-refractivity contribution in [2.75, 3.05) is 6.54 Å². The first-order chi connectivity index (χ1) is 4.93. The third-order valence-corrected chi connectivity index (χ3v) is 1.33. The second-order valence-electron chi connectivity index (χ2n) is 1.96. The minimum Gasteiger partial charge on any atom is -0.293 e. The molecule has 0 amide bonds. The Balaban J connectivity index is 0.000000371. The van der Waals surface area contributed by atoms with Gasteiger partial charge < -0.3 is 0 Å². The van der Waals surface area contributed by atoms with Crippen LogP contribution < -0.4 is 0 Å². The van der Waals surface area contributed by atoms with Crippen LogP contribution in [-0.4, -0.2) is 12.8 Å². The number of dihydropyridines is 1. The topological polar surface area (TPSA) is 12.4 Å². The van der Waals surface area contributed by atoms with Crippen LogP contribution in [-0.2, 0) is 0 Å². The Morgan fingerprint density at radius 2 is 2.20 bits per heavy atom. The van der Waals surface area contributed by atoms with Crippen LogP contribution in [0.1, 0.15) is 33.6 Å². The summed E-state index contributed by atoms with van der Waals surface area (Å²) in [5, 5.41) is 0. The molecule has 10 heavy (non-hydrogen) atoms. The molecule has 0 spiro atoms. The van der Waals surface area contributed by atoms with Crippen molar-refractivity contribution in [3.05, 3.63) is 11.6 Å². The molecule has 1 rings (SSSR count). The van der Waals surface area contributed by atoms with Gasteiger partial charge in [0.2, 0.25) is 0 Å². The van der Waals surface area contributed by atoms with Gasteiger partial charge in [0.05, 0.1) is 0 Å². The minimum absolute atomic E-state index is 0.990. The van der Waals surface area contributed by atoms with Gasteiger partial charge in [-0.25, -0.2) is 0 Å².